The van der Waals surface area contributed by atoms with Crippen LogP contribution in [0, 0.1) is 5.82 Å². The van der Waals surface area contributed by atoms with Gasteiger partial charge in [0, 0.05) is 0 Å². The third-order valence-electron chi connectivity index (χ3n) is 2.08. The average molecular weight is 255 g/mol. The van der Waals surface area contributed by atoms with Crippen molar-refractivity contribution in [3.63, 3.8) is 0 Å². The Bertz CT molecular complexity index is 548. The Labute approximate surface area is 101 Å². The molecule has 2 rings (SSSR count). The number of halogens is 2. The van der Waals surface area contributed by atoms with Crippen molar-refractivity contribution >= 4 is 28.9 Å². The van der Waals surface area contributed by atoms with Gasteiger partial charge in [-0.05, 0) is 35.9 Å². The first-order valence-electron chi connectivity index (χ1n) is 4.68. The monoisotopic (exact) mass is 254 g/mol. The maximum atomic E-state index is 13.4. The Kier molecular flexibility index (Phi) is 3.01. The number of benzene rings is 1. The van der Waals surface area contributed by atoms with Crippen molar-refractivity contribution in [3.8, 4) is 0 Å². The zero-order valence-electron chi connectivity index (χ0n) is 8.54. The van der Waals surface area contributed by atoms with Crippen LogP contribution in [0.15, 0.2) is 34.7 Å². The van der Waals surface area contributed by atoms with E-state index in [9.17, 15) is 9.18 Å². The summed E-state index contributed by atoms with van der Waals surface area (Å²) in [7, 11) is 0. The van der Waals surface area contributed by atoms with Crippen molar-refractivity contribution in [2.75, 3.05) is 11.1 Å². The highest BCUT2D eigenvalue weighted by molar-refractivity contribution is 6.29. The van der Waals surface area contributed by atoms with Crippen LogP contribution in [0.4, 0.5) is 15.8 Å². The standard InChI is InChI=1S/C11H8ClFN2O2/c12-9-5-4-8(17-9)11(16)15-10-6(13)2-1-3-7(10)14/h1-5H,14H2,(H,15,16). The van der Waals surface area contributed by atoms with Gasteiger partial charge in [0.25, 0.3) is 5.91 Å². The van der Waals surface area contributed by atoms with E-state index in [4.69, 9.17) is 21.8 Å². The van der Waals surface area contributed by atoms with E-state index in [1.54, 1.807) is 0 Å². The minimum atomic E-state index is -0.617. The highest BCUT2D eigenvalue weighted by Crippen LogP contribution is 2.23. The van der Waals surface area contributed by atoms with Crippen LogP contribution in [0.2, 0.25) is 5.22 Å². The highest BCUT2D eigenvalue weighted by atomic mass is 35.5. The van der Waals surface area contributed by atoms with Crippen molar-refractivity contribution < 1.29 is 13.6 Å². The largest absolute Gasteiger partial charge is 0.440 e. The van der Waals surface area contributed by atoms with Crippen molar-refractivity contribution in [3.05, 3.63) is 47.1 Å². The molecule has 17 heavy (non-hydrogen) atoms. The number of nitrogens with one attached hydrogen (secondary N) is 1. The molecule has 0 atom stereocenters. The fourth-order valence-corrected chi connectivity index (χ4v) is 1.43. The van der Waals surface area contributed by atoms with Gasteiger partial charge in [0.15, 0.2) is 11.0 Å². The van der Waals surface area contributed by atoms with Gasteiger partial charge in [-0.15, -0.1) is 0 Å². The van der Waals surface area contributed by atoms with Crippen molar-refractivity contribution in [2.24, 2.45) is 0 Å². The van der Waals surface area contributed by atoms with Crippen LogP contribution in [0.5, 0.6) is 0 Å². The average Bonchev–Trinajstić information content (AvgIpc) is 2.70. The minimum Gasteiger partial charge on any atom is -0.440 e. The van der Waals surface area contributed by atoms with Crippen LogP contribution < -0.4 is 11.1 Å². The summed E-state index contributed by atoms with van der Waals surface area (Å²) in [5.74, 6) is -1.25. The van der Waals surface area contributed by atoms with E-state index in [2.05, 4.69) is 5.32 Å². The summed E-state index contributed by atoms with van der Waals surface area (Å²) in [5.41, 5.74) is 5.60. The van der Waals surface area contributed by atoms with Crippen LogP contribution in [-0.2, 0) is 0 Å². The molecule has 1 amide bonds. The number of hydrogen-bond donors (Lipinski definition) is 2. The molecule has 0 spiro atoms. The molecule has 0 aliphatic rings. The molecule has 0 unspecified atom stereocenters. The summed E-state index contributed by atoms with van der Waals surface area (Å²) >= 11 is 5.52. The first-order chi connectivity index (χ1) is 8.08. The van der Waals surface area contributed by atoms with Gasteiger partial charge < -0.3 is 15.5 Å². The molecular formula is C11H8ClFN2O2. The summed E-state index contributed by atoms with van der Waals surface area (Å²) in [6.45, 7) is 0. The fourth-order valence-electron chi connectivity index (χ4n) is 1.28. The summed E-state index contributed by atoms with van der Waals surface area (Å²) < 4.78 is 18.3. The van der Waals surface area contributed by atoms with Gasteiger partial charge in [-0.2, -0.15) is 0 Å². The van der Waals surface area contributed by atoms with Gasteiger partial charge in [0.1, 0.15) is 11.5 Å². The van der Waals surface area contributed by atoms with Gasteiger partial charge in [-0.25, -0.2) is 4.39 Å². The lowest BCUT2D eigenvalue weighted by molar-refractivity contribution is 0.0996. The number of amides is 1. The lowest BCUT2D eigenvalue weighted by atomic mass is 10.2. The Hall–Kier alpha value is -2.01. The number of rotatable bonds is 2. The number of nitrogens with two attached hydrogens (primary N) is 1. The van der Waals surface area contributed by atoms with E-state index in [-0.39, 0.29) is 22.4 Å². The second-order valence-corrected chi connectivity index (χ2v) is 3.63. The summed E-state index contributed by atoms with van der Waals surface area (Å²) in [6.07, 6.45) is 0. The normalized spacial score (nSPS) is 10.2. The molecule has 0 saturated heterocycles. The Morgan fingerprint density at radius 2 is 2.12 bits per heavy atom. The number of anilines is 2. The first kappa shape index (κ1) is 11.5. The number of carbonyl (C=O) groups excluding carboxylic acids is 1. The Morgan fingerprint density at radius 3 is 2.71 bits per heavy atom. The van der Waals surface area contributed by atoms with E-state index < -0.39 is 11.7 Å². The molecule has 0 saturated carbocycles. The predicted octanol–water partition coefficient (Wildman–Crippen LogP) is 2.91. The second kappa shape index (κ2) is 4.47. The molecule has 0 aliphatic carbocycles. The lowest BCUT2D eigenvalue weighted by Gasteiger charge is -2.07. The van der Waals surface area contributed by atoms with Gasteiger partial charge in [0.2, 0.25) is 0 Å². The van der Waals surface area contributed by atoms with Crippen molar-refractivity contribution in [2.45, 2.75) is 0 Å². The van der Waals surface area contributed by atoms with Crippen molar-refractivity contribution in [1.29, 1.82) is 0 Å². The Balaban J connectivity index is 2.24. The molecule has 0 aliphatic heterocycles. The lowest BCUT2D eigenvalue weighted by Crippen LogP contribution is -2.13. The number of para-hydroxylation sites is 1. The summed E-state index contributed by atoms with van der Waals surface area (Å²) in [5, 5.41) is 2.40. The van der Waals surface area contributed by atoms with E-state index in [1.807, 2.05) is 0 Å². The molecule has 1 aromatic heterocycles. The third kappa shape index (κ3) is 2.39. The molecule has 0 bridgehead atoms. The zero-order chi connectivity index (χ0) is 12.4. The Morgan fingerprint density at radius 1 is 1.35 bits per heavy atom. The quantitative estimate of drug-likeness (QED) is 0.810. The third-order valence-corrected chi connectivity index (χ3v) is 2.28. The molecular weight excluding hydrogens is 247 g/mol. The number of furan rings is 1. The first-order valence-corrected chi connectivity index (χ1v) is 5.06. The fraction of sp³-hybridized carbons (Fsp3) is 0. The molecule has 2 aromatic rings. The maximum absolute atomic E-state index is 13.4. The molecule has 6 heteroatoms. The SMILES string of the molecule is Nc1cccc(F)c1NC(=O)c1ccc(Cl)o1. The van der Waals surface area contributed by atoms with E-state index in [0.29, 0.717) is 0 Å². The molecule has 4 nitrogen and oxygen atoms in total. The van der Waals surface area contributed by atoms with Gasteiger partial charge in [0.05, 0.1) is 5.69 Å². The number of carbonyl (C=O) groups is 1. The van der Waals surface area contributed by atoms with Crippen LogP contribution in [-0.4, -0.2) is 5.91 Å². The molecule has 0 radical (unpaired) electrons. The number of hydrogen-bond acceptors (Lipinski definition) is 3. The van der Waals surface area contributed by atoms with Crippen LogP contribution >= 0.6 is 11.6 Å². The molecule has 0 fully saturated rings. The summed E-state index contributed by atoms with van der Waals surface area (Å²) in [4.78, 5) is 11.6. The van der Waals surface area contributed by atoms with E-state index in [0.717, 1.165) is 0 Å². The topological polar surface area (TPSA) is 68.3 Å². The number of nitrogen functional groups attached to an aromatic ring is 1. The summed E-state index contributed by atoms with van der Waals surface area (Å²) in [6, 6.07) is 6.93. The molecule has 1 heterocycles. The maximum Gasteiger partial charge on any atom is 0.291 e. The van der Waals surface area contributed by atoms with Gasteiger partial charge >= 0.3 is 0 Å². The smallest absolute Gasteiger partial charge is 0.291 e. The second-order valence-electron chi connectivity index (χ2n) is 3.26. The van der Waals surface area contributed by atoms with Gasteiger partial charge in [-0.1, -0.05) is 6.07 Å². The van der Waals surface area contributed by atoms with Crippen LogP contribution in [0.25, 0.3) is 0 Å². The van der Waals surface area contributed by atoms with Crippen LogP contribution in [0.1, 0.15) is 10.6 Å². The highest BCUT2D eigenvalue weighted by Gasteiger charge is 2.14. The van der Waals surface area contributed by atoms with Crippen LogP contribution in [0.3, 0.4) is 0 Å². The predicted molar refractivity (Wildman–Crippen MR) is 62.5 cm³/mol. The van der Waals surface area contributed by atoms with E-state index in [1.165, 1.54) is 30.3 Å². The van der Waals surface area contributed by atoms with Gasteiger partial charge in [-0.3, -0.25) is 4.79 Å². The zero-order valence-corrected chi connectivity index (χ0v) is 9.29. The molecule has 1 aromatic carbocycles. The molecule has 3 N–H and O–H groups in total. The molecule has 88 valence electrons. The van der Waals surface area contributed by atoms with E-state index >= 15 is 0 Å². The van der Waals surface area contributed by atoms with Crippen molar-refractivity contribution in [1.82, 2.24) is 0 Å². The minimum absolute atomic E-state index is 0.0161.